The van der Waals surface area contributed by atoms with Crippen LogP contribution < -0.4 is 0 Å². The minimum atomic E-state index is -0.527. The van der Waals surface area contributed by atoms with Crippen molar-refractivity contribution in [1.82, 2.24) is 0 Å². The average molecular weight is 270 g/mol. The molecule has 0 radical (unpaired) electrons. The van der Waals surface area contributed by atoms with E-state index in [0.29, 0.717) is 11.1 Å². The van der Waals surface area contributed by atoms with Gasteiger partial charge < -0.3 is 5.11 Å². The molecule has 2 heteroatoms. The number of fused-ring (bicyclic) bond motifs is 1. The highest BCUT2D eigenvalue weighted by Gasteiger charge is 2.28. The molecular formula is C18H19FO. The Balaban J connectivity index is 1.86. The highest BCUT2D eigenvalue weighted by atomic mass is 19.1. The lowest BCUT2D eigenvalue weighted by molar-refractivity contribution is 0.113. The van der Waals surface area contributed by atoms with Crippen LogP contribution in [0.5, 0.6) is 0 Å². The molecule has 0 aliphatic heterocycles. The average Bonchev–Trinajstić information content (AvgIpc) is 2.87. The van der Waals surface area contributed by atoms with Gasteiger partial charge in [0, 0.05) is 0 Å². The van der Waals surface area contributed by atoms with Gasteiger partial charge in [-0.05, 0) is 60.4 Å². The Bertz CT molecular complexity index is 600. The third kappa shape index (κ3) is 2.25. The van der Waals surface area contributed by atoms with Crippen LogP contribution in [0.1, 0.15) is 33.9 Å². The van der Waals surface area contributed by atoms with Crippen molar-refractivity contribution in [2.24, 2.45) is 5.92 Å². The molecular weight excluding hydrogens is 251 g/mol. The Morgan fingerprint density at radius 2 is 1.55 bits per heavy atom. The summed E-state index contributed by atoms with van der Waals surface area (Å²) in [5, 5.41) is 10.6. The third-order valence-corrected chi connectivity index (χ3v) is 4.33. The Kier molecular flexibility index (Phi) is 3.35. The van der Waals surface area contributed by atoms with Crippen LogP contribution in [-0.2, 0) is 12.8 Å². The van der Waals surface area contributed by atoms with Gasteiger partial charge in [-0.15, -0.1) is 0 Å². The summed E-state index contributed by atoms with van der Waals surface area (Å²) < 4.78 is 13.7. The number of aliphatic hydroxyl groups excluding tert-OH is 1. The van der Waals surface area contributed by atoms with E-state index < -0.39 is 6.10 Å². The van der Waals surface area contributed by atoms with Crippen molar-refractivity contribution >= 4 is 0 Å². The van der Waals surface area contributed by atoms with Crippen molar-refractivity contribution in [3.63, 3.8) is 0 Å². The summed E-state index contributed by atoms with van der Waals surface area (Å²) in [7, 11) is 0. The number of aliphatic hydroxyl groups is 1. The molecule has 0 aromatic heterocycles. The highest BCUT2D eigenvalue weighted by molar-refractivity contribution is 5.36. The summed E-state index contributed by atoms with van der Waals surface area (Å²) in [5.74, 6) is 0.0207. The summed E-state index contributed by atoms with van der Waals surface area (Å²) in [6, 6.07) is 11.9. The maximum Gasteiger partial charge on any atom is 0.129 e. The fourth-order valence-electron chi connectivity index (χ4n) is 3.24. The number of halogens is 1. The lowest BCUT2D eigenvalue weighted by atomic mass is 9.91. The fourth-order valence-corrected chi connectivity index (χ4v) is 3.24. The van der Waals surface area contributed by atoms with E-state index in [-0.39, 0.29) is 11.7 Å². The van der Waals surface area contributed by atoms with Gasteiger partial charge in [0.2, 0.25) is 0 Å². The minimum Gasteiger partial charge on any atom is -0.388 e. The van der Waals surface area contributed by atoms with Crippen LogP contribution in [0.25, 0.3) is 0 Å². The van der Waals surface area contributed by atoms with Gasteiger partial charge >= 0.3 is 0 Å². The molecule has 1 atom stereocenters. The van der Waals surface area contributed by atoms with Crippen molar-refractivity contribution in [2.75, 3.05) is 0 Å². The Morgan fingerprint density at radius 3 is 2.05 bits per heavy atom. The molecule has 1 aliphatic rings. The normalized spacial score (nSPS) is 16.2. The molecule has 0 heterocycles. The molecule has 3 rings (SSSR count). The van der Waals surface area contributed by atoms with E-state index in [4.69, 9.17) is 0 Å². The molecule has 0 saturated heterocycles. The lowest BCUT2D eigenvalue weighted by Gasteiger charge is -2.19. The SMILES string of the molecule is Cc1cc(C(O)C2Cc3ccccc3C2)cc(C)c1F. The summed E-state index contributed by atoms with van der Waals surface area (Å²) in [4.78, 5) is 0. The van der Waals surface area contributed by atoms with Crippen LogP contribution in [-0.4, -0.2) is 5.11 Å². The van der Waals surface area contributed by atoms with Gasteiger partial charge in [0.15, 0.2) is 0 Å². The molecule has 1 aliphatic carbocycles. The Morgan fingerprint density at radius 1 is 1.05 bits per heavy atom. The van der Waals surface area contributed by atoms with E-state index in [1.165, 1.54) is 11.1 Å². The van der Waals surface area contributed by atoms with Crippen molar-refractivity contribution < 1.29 is 9.50 Å². The largest absolute Gasteiger partial charge is 0.388 e. The molecule has 0 amide bonds. The van der Waals surface area contributed by atoms with E-state index in [1.807, 2.05) is 12.1 Å². The number of aryl methyl sites for hydroxylation is 2. The molecule has 0 fully saturated rings. The maximum atomic E-state index is 13.7. The van der Waals surface area contributed by atoms with E-state index >= 15 is 0 Å². The van der Waals surface area contributed by atoms with Crippen LogP contribution >= 0.6 is 0 Å². The fraction of sp³-hybridized carbons (Fsp3) is 0.333. The summed E-state index contributed by atoms with van der Waals surface area (Å²) >= 11 is 0. The van der Waals surface area contributed by atoms with Gasteiger partial charge in [0.25, 0.3) is 0 Å². The van der Waals surface area contributed by atoms with Crippen molar-refractivity contribution in [2.45, 2.75) is 32.8 Å². The zero-order valence-corrected chi connectivity index (χ0v) is 11.9. The minimum absolute atomic E-state index is 0.171. The molecule has 0 spiro atoms. The van der Waals surface area contributed by atoms with E-state index in [9.17, 15) is 9.50 Å². The monoisotopic (exact) mass is 270 g/mol. The molecule has 0 bridgehead atoms. The van der Waals surface area contributed by atoms with Crippen LogP contribution in [0, 0.1) is 25.6 Å². The van der Waals surface area contributed by atoms with Gasteiger partial charge in [-0.2, -0.15) is 0 Å². The third-order valence-electron chi connectivity index (χ3n) is 4.33. The maximum absolute atomic E-state index is 13.7. The van der Waals surface area contributed by atoms with Crippen molar-refractivity contribution in [3.05, 3.63) is 70.0 Å². The van der Waals surface area contributed by atoms with Crippen LogP contribution in [0.3, 0.4) is 0 Å². The number of rotatable bonds is 2. The molecule has 1 unspecified atom stereocenters. The van der Waals surface area contributed by atoms with E-state index in [1.54, 1.807) is 26.0 Å². The number of hydrogen-bond donors (Lipinski definition) is 1. The van der Waals surface area contributed by atoms with Crippen molar-refractivity contribution in [1.29, 1.82) is 0 Å². The van der Waals surface area contributed by atoms with Gasteiger partial charge in [0.05, 0.1) is 6.10 Å². The number of benzene rings is 2. The highest BCUT2D eigenvalue weighted by Crippen LogP contribution is 2.36. The van der Waals surface area contributed by atoms with E-state index in [0.717, 1.165) is 18.4 Å². The first kappa shape index (κ1) is 13.3. The molecule has 0 saturated carbocycles. The lowest BCUT2D eigenvalue weighted by Crippen LogP contribution is -2.13. The van der Waals surface area contributed by atoms with Gasteiger partial charge in [-0.25, -0.2) is 4.39 Å². The van der Waals surface area contributed by atoms with E-state index in [2.05, 4.69) is 12.1 Å². The standard InChI is InChI=1S/C18H19FO/c1-11-7-15(8-12(2)17(11)19)18(20)16-9-13-5-3-4-6-14(13)10-16/h3-8,16,18,20H,9-10H2,1-2H3. The second kappa shape index (κ2) is 5.02. The molecule has 2 aromatic rings. The van der Waals surface area contributed by atoms with Crippen LogP contribution in [0.15, 0.2) is 36.4 Å². The van der Waals surface area contributed by atoms with Gasteiger partial charge in [-0.1, -0.05) is 36.4 Å². The first-order valence-electron chi connectivity index (χ1n) is 7.07. The van der Waals surface area contributed by atoms with Gasteiger partial charge in [0.1, 0.15) is 5.82 Å². The second-order valence-corrected chi connectivity index (χ2v) is 5.85. The Labute approximate surface area is 119 Å². The summed E-state index contributed by atoms with van der Waals surface area (Å²) in [6.07, 6.45) is 1.26. The van der Waals surface area contributed by atoms with Crippen LogP contribution in [0.2, 0.25) is 0 Å². The first-order chi connectivity index (χ1) is 9.56. The smallest absolute Gasteiger partial charge is 0.129 e. The molecule has 1 nitrogen and oxygen atoms in total. The summed E-state index contributed by atoms with van der Waals surface area (Å²) in [5.41, 5.74) is 4.70. The molecule has 1 N–H and O–H groups in total. The molecule has 2 aromatic carbocycles. The van der Waals surface area contributed by atoms with Crippen molar-refractivity contribution in [3.8, 4) is 0 Å². The Hall–Kier alpha value is -1.67. The zero-order valence-electron chi connectivity index (χ0n) is 11.9. The van der Waals surface area contributed by atoms with Crippen LogP contribution in [0.4, 0.5) is 4.39 Å². The zero-order chi connectivity index (χ0) is 14.3. The molecule has 104 valence electrons. The summed E-state index contributed by atoms with van der Waals surface area (Å²) in [6.45, 7) is 3.50. The van der Waals surface area contributed by atoms with Gasteiger partial charge in [-0.3, -0.25) is 0 Å². The topological polar surface area (TPSA) is 20.2 Å². The predicted molar refractivity (Wildman–Crippen MR) is 78.2 cm³/mol. The first-order valence-corrected chi connectivity index (χ1v) is 7.07. The quantitative estimate of drug-likeness (QED) is 0.877. The molecule has 20 heavy (non-hydrogen) atoms. The predicted octanol–water partition coefficient (Wildman–Crippen LogP) is 3.89. The second-order valence-electron chi connectivity index (χ2n) is 5.85. The number of hydrogen-bond acceptors (Lipinski definition) is 1.